The maximum Gasteiger partial charge on any atom is 0.354 e. The number of carbonyl (C=O) groups is 1. The highest BCUT2D eigenvalue weighted by molar-refractivity contribution is 5.87. The number of benzene rings is 1. The molecule has 1 N–H and O–H groups in total. The average molecular weight is 274 g/mol. The summed E-state index contributed by atoms with van der Waals surface area (Å²) in [6.07, 6.45) is 1.55. The van der Waals surface area contributed by atoms with Gasteiger partial charge in [-0.15, -0.1) is 0 Å². The maximum absolute atomic E-state index is 11.3. The molecule has 1 aromatic carbocycles. The zero-order valence-corrected chi connectivity index (χ0v) is 11.8. The van der Waals surface area contributed by atoms with Crippen LogP contribution in [0, 0.1) is 6.92 Å². The third-order valence-electron chi connectivity index (χ3n) is 2.98. The Kier molecular flexibility index (Phi) is 4.08. The van der Waals surface area contributed by atoms with Crippen molar-refractivity contribution in [2.24, 2.45) is 0 Å². The van der Waals surface area contributed by atoms with E-state index in [-0.39, 0.29) is 18.3 Å². The zero-order chi connectivity index (χ0) is 14.7. The molecular formula is C15H18N2O3. The van der Waals surface area contributed by atoms with Gasteiger partial charge in [-0.2, -0.15) is 5.10 Å². The van der Waals surface area contributed by atoms with E-state index in [1.165, 1.54) is 4.68 Å². The molecule has 0 fully saturated rings. The molecule has 0 radical (unpaired) electrons. The first-order valence-electron chi connectivity index (χ1n) is 6.48. The lowest BCUT2D eigenvalue weighted by Crippen LogP contribution is -2.14. The second-order valence-electron chi connectivity index (χ2n) is 4.96. The summed E-state index contributed by atoms with van der Waals surface area (Å²) in [4.78, 5) is 11.3. The zero-order valence-electron chi connectivity index (χ0n) is 11.8. The van der Waals surface area contributed by atoms with Gasteiger partial charge in [0.1, 0.15) is 12.4 Å². The van der Waals surface area contributed by atoms with Crippen LogP contribution < -0.4 is 4.74 Å². The Hall–Kier alpha value is -2.30. The smallest absolute Gasteiger partial charge is 0.354 e. The van der Waals surface area contributed by atoms with Gasteiger partial charge in [0.25, 0.3) is 0 Å². The Bertz CT molecular complexity index is 600. The second kappa shape index (κ2) is 5.77. The van der Waals surface area contributed by atoms with Crippen molar-refractivity contribution in [3.8, 4) is 5.75 Å². The summed E-state index contributed by atoms with van der Waals surface area (Å²) in [5.41, 5.74) is 1.91. The number of rotatable bonds is 5. The number of aromatic nitrogens is 2. The molecule has 20 heavy (non-hydrogen) atoms. The fourth-order valence-electron chi connectivity index (χ4n) is 1.93. The highest BCUT2D eigenvalue weighted by Gasteiger charge is 2.19. The Balaban J connectivity index is 2.17. The van der Waals surface area contributed by atoms with Gasteiger partial charge in [0.2, 0.25) is 0 Å². The summed E-state index contributed by atoms with van der Waals surface area (Å²) in [5.74, 6) is -0.275. The number of hydrogen-bond acceptors (Lipinski definition) is 3. The van der Waals surface area contributed by atoms with Crippen molar-refractivity contribution in [3.05, 3.63) is 47.3 Å². The summed E-state index contributed by atoms with van der Waals surface area (Å²) in [6.45, 7) is 5.98. The largest absolute Gasteiger partial charge is 0.489 e. The number of nitrogens with zero attached hydrogens (tertiary/aromatic N) is 2. The molecule has 2 rings (SSSR count). The fraction of sp³-hybridized carbons (Fsp3) is 0.333. The van der Waals surface area contributed by atoms with Crippen LogP contribution in [0.2, 0.25) is 0 Å². The average Bonchev–Trinajstić information content (AvgIpc) is 2.82. The van der Waals surface area contributed by atoms with Crippen molar-refractivity contribution in [2.75, 3.05) is 0 Å². The van der Waals surface area contributed by atoms with Crippen LogP contribution in [0.5, 0.6) is 5.75 Å². The molecule has 2 aromatic rings. The van der Waals surface area contributed by atoms with E-state index in [2.05, 4.69) is 5.10 Å². The van der Waals surface area contributed by atoms with Crippen molar-refractivity contribution < 1.29 is 14.6 Å². The quantitative estimate of drug-likeness (QED) is 0.910. The minimum Gasteiger partial charge on any atom is -0.489 e. The molecule has 0 unspecified atom stereocenters. The molecule has 1 heterocycles. The van der Waals surface area contributed by atoms with E-state index >= 15 is 0 Å². The number of carboxylic acids is 1. The molecule has 5 heteroatoms. The van der Waals surface area contributed by atoms with Crippen molar-refractivity contribution in [1.82, 2.24) is 9.78 Å². The van der Waals surface area contributed by atoms with Crippen LogP contribution >= 0.6 is 0 Å². The van der Waals surface area contributed by atoms with E-state index in [9.17, 15) is 9.90 Å². The van der Waals surface area contributed by atoms with Crippen molar-refractivity contribution in [2.45, 2.75) is 33.4 Å². The van der Waals surface area contributed by atoms with Gasteiger partial charge in [0, 0.05) is 11.6 Å². The maximum atomic E-state index is 11.3. The number of aromatic carboxylic acids is 1. The molecule has 1 aromatic heterocycles. The Morgan fingerprint density at radius 3 is 2.55 bits per heavy atom. The lowest BCUT2D eigenvalue weighted by atomic mass is 10.2. The van der Waals surface area contributed by atoms with E-state index in [4.69, 9.17) is 4.74 Å². The molecule has 0 amide bonds. The SMILES string of the molecule is Cc1ccc(OCc2cnn(C(C)C)c2C(=O)O)cc1. The summed E-state index contributed by atoms with van der Waals surface area (Å²) in [7, 11) is 0. The lowest BCUT2D eigenvalue weighted by molar-refractivity contribution is 0.0678. The molecule has 0 saturated heterocycles. The van der Waals surface area contributed by atoms with Crippen molar-refractivity contribution >= 4 is 5.97 Å². The van der Waals surface area contributed by atoms with Crippen LogP contribution in [0.1, 0.15) is 41.5 Å². The molecule has 0 aliphatic heterocycles. The van der Waals surface area contributed by atoms with Crippen molar-refractivity contribution in [3.63, 3.8) is 0 Å². The van der Waals surface area contributed by atoms with E-state index in [0.717, 1.165) is 5.56 Å². The molecule has 0 aliphatic carbocycles. The van der Waals surface area contributed by atoms with Gasteiger partial charge in [-0.3, -0.25) is 4.68 Å². The topological polar surface area (TPSA) is 64.4 Å². The minimum absolute atomic E-state index is 0.00535. The Morgan fingerprint density at radius 2 is 2.00 bits per heavy atom. The molecule has 0 saturated carbocycles. The Morgan fingerprint density at radius 1 is 1.35 bits per heavy atom. The predicted molar refractivity (Wildman–Crippen MR) is 75.1 cm³/mol. The van der Waals surface area contributed by atoms with Gasteiger partial charge in [-0.05, 0) is 32.9 Å². The second-order valence-corrected chi connectivity index (χ2v) is 4.96. The highest BCUT2D eigenvalue weighted by atomic mass is 16.5. The molecular weight excluding hydrogens is 256 g/mol. The molecule has 0 aliphatic rings. The lowest BCUT2D eigenvalue weighted by Gasteiger charge is -2.10. The minimum atomic E-state index is -0.987. The molecule has 0 bridgehead atoms. The summed E-state index contributed by atoms with van der Waals surface area (Å²) in [6, 6.07) is 7.62. The van der Waals surface area contributed by atoms with E-state index < -0.39 is 5.97 Å². The normalized spacial score (nSPS) is 10.8. The number of aryl methyl sites for hydroxylation is 1. The first-order chi connectivity index (χ1) is 9.49. The molecule has 106 valence electrons. The first-order valence-corrected chi connectivity index (χ1v) is 6.48. The van der Waals surface area contributed by atoms with Gasteiger partial charge < -0.3 is 9.84 Å². The third-order valence-corrected chi connectivity index (χ3v) is 2.98. The van der Waals surface area contributed by atoms with E-state index in [0.29, 0.717) is 11.3 Å². The van der Waals surface area contributed by atoms with Gasteiger partial charge >= 0.3 is 5.97 Å². The van der Waals surface area contributed by atoms with Crippen molar-refractivity contribution in [1.29, 1.82) is 0 Å². The van der Waals surface area contributed by atoms with Crippen LogP contribution in [-0.4, -0.2) is 20.9 Å². The fourth-order valence-corrected chi connectivity index (χ4v) is 1.93. The third kappa shape index (κ3) is 2.99. The van der Waals surface area contributed by atoms with Crippen LogP contribution in [-0.2, 0) is 6.61 Å². The van der Waals surface area contributed by atoms with Gasteiger partial charge in [-0.25, -0.2) is 4.79 Å². The van der Waals surface area contributed by atoms with Crippen LogP contribution in [0.25, 0.3) is 0 Å². The van der Waals surface area contributed by atoms with Crippen LogP contribution in [0.4, 0.5) is 0 Å². The Labute approximate surface area is 117 Å². The monoisotopic (exact) mass is 274 g/mol. The standard InChI is InChI=1S/C15H18N2O3/c1-10(2)17-14(15(18)19)12(8-16-17)9-20-13-6-4-11(3)5-7-13/h4-8,10H,9H2,1-3H3,(H,18,19). The molecule has 0 atom stereocenters. The number of hydrogen-bond donors (Lipinski definition) is 1. The van der Waals surface area contributed by atoms with E-state index in [1.807, 2.05) is 45.0 Å². The number of carboxylic acid groups (broad SMARTS) is 1. The van der Waals surface area contributed by atoms with Gasteiger partial charge in [-0.1, -0.05) is 17.7 Å². The summed E-state index contributed by atoms with van der Waals surface area (Å²) >= 11 is 0. The first kappa shape index (κ1) is 14.1. The highest BCUT2D eigenvalue weighted by Crippen LogP contribution is 2.18. The van der Waals surface area contributed by atoms with Crippen LogP contribution in [0.15, 0.2) is 30.5 Å². The van der Waals surface area contributed by atoms with E-state index in [1.54, 1.807) is 6.20 Å². The van der Waals surface area contributed by atoms with Gasteiger partial charge in [0.05, 0.1) is 6.20 Å². The van der Waals surface area contributed by atoms with Crippen LogP contribution in [0.3, 0.4) is 0 Å². The summed E-state index contributed by atoms with van der Waals surface area (Å²) in [5, 5.41) is 13.4. The molecule has 0 spiro atoms. The molecule has 5 nitrogen and oxygen atoms in total. The number of ether oxygens (including phenoxy) is 1. The van der Waals surface area contributed by atoms with Gasteiger partial charge in [0.15, 0.2) is 5.69 Å². The summed E-state index contributed by atoms with van der Waals surface area (Å²) < 4.78 is 7.11. The predicted octanol–water partition coefficient (Wildman–Crippen LogP) is 3.05.